The number of para-hydroxylation sites is 1. The van der Waals surface area contributed by atoms with Crippen LogP contribution >= 0.6 is 0 Å². The molecule has 1 aromatic rings. The van der Waals surface area contributed by atoms with Gasteiger partial charge in [0, 0.05) is 12.2 Å². The first-order valence-electron chi connectivity index (χ1n) is 6.92. The molecule has 3 nitrogen and oxygen atoms in total. The van der Waals surface area contributed by atoms with E-state index in [1.807, 2.05) is 11.0 Å². The molecule has 0 radical (unpaired) electrons. The van der Waals surface area contributed by atoms with Gasteiger partial charge < -0.3 is 10.2 Å². The maximum Gasteiger partial charge on any atom is 0.237 e. The standard InChI is InChI=1S/C15H20N2O/c1-2-11-17-13-6-4-3-5-12(13)15(14(17)18)7-9-16-10-8-15/h3-6,16H,2,7-11H2,1H3. The summed E-state index contributed by atoms with van der Waals surface area (Å²) in [7, 11) is 0. The smallest absolute Gasteiger partial charge is 0.237 e. The fourth-order valence-corrected chi connectivity index (χ4v) is 3.38. The molecule has 1 N–H and O–H groups in total. The normalized spacial score (nSPS) is 21.4. The zero-order valence-electron chi connectivity index (χ0n) is 10.9. The number of carbonyl (C=O) groups is 1. The van der Waals surface area contributed by atoms with Crippen molar-refractivity contribution in [2.24, 2.45) is 0 Å². The first kappa shape index (κ1) is 11.7. The summed E-state index contributed by atoms with van der Waals surface area (Å²) in [5.74, 6) is 0.326. The first-order chi connectivity index (χ1) is 8.79. The monoisotopic (exact) mass is 244 g/mol. The molecule has 1 aromatic carbocycles. The van der Waals surface area contributed by atoms with E-state index in [0.717, 1.165) is 44.6 Å². The Balaban J connectivity index is 2.08. The maximum atomic E-state index is 12.8. The number of amides is 1. The lowest BCUT2D eigenvalue weighted by molar-refractivity contribution is -0.124. The summed E-state index contributed by atoms with van der Waals surface area (Å²) < 4.78 is 0. The summed E-state index contributed by atoms with van der Waals surface area (Å²) in [5.41, 5.74) is 2.16. The molecule has 0 atom stereocenters. The predicted molar refractivity (Wildman–Crippen MR) is 72.9 cm³/mol. The van der Waals surface area contributed by atoms with Gasteiger partial charge in [-0.05, 0) is 44.0 Å². The number of anilines is 1. The van der Waals surface area contributed by atoms with E-state index in [2.05, 4.69) is 30.4 Å². The van der Waals surface area contributed by atoms with Crippen LogP contribution in [0.3, 0.4) is 0 Å². The second-order valence-electron chi connectivity index (χ2n) is 5.31. The molecule has 0 aromatic heterocycles. The van der Waals surface area contributed by atoms with Gasteiger partial charge in [0.1, 0.15) is 0 Å². The van der Waals surface area contributed by atoms with E-state index < -0.39 is 0 Å². The van der Waals surface area contributed by atoms with E-state index in [1.54, 1.807) is 0 Å². The molecular weight excluding hydrogens is 224 g/mol. The van der Waals surface area contributed by atoms with Crippen molar-refractivity contribution < 1.29 is 4.79 Å². The Labute approximate surface area is 108 Å². The highest BCUT2D eigenvalue weighted by Crippen LogP contribution is 2.46. The largest absolute Gasteiger partial charge is 0.317 e. The van der Waals surface area contributed by atoms with Gasteiger partial charge in [-0.1, -0.05) is 25.1 Å². The number of nitrogens with zero attached hydrogens (tertiary/aromatic N) is 1. The van der Waals surface area contributed by atoms with Crippen LogP contribution in [0.1, 0.15) is 31.7 Å². The number of nitrogens with one attached hydrogen (secondary N) is 1. The lowest BCUT2D eigenvalue weighted by atomic mass is 9.74. The number of fused-ring (bicyclic) bond motifs is 2. The Kier molecular flexibility index (Phi) is 2.86. The molecular formula is C15H20N2O. The van der Waals surface area contributed by atoms with Crippen LogP contribution in [0.4, 0.5) is 5.69 Å². The third kappa shape index (κ3) is 1.50. The molecule has 0 bridgehead atoms. The van der Waals surface area contributed by atoms with Crippen molar-refractivity contribution in [2.75, 3.05) is 24.5 Å². The summed E-state index contributed by atoms with van der Waals surface area (Å²) in [6.07, 6.45) is 2.88. The van der Waals surface area contributed by atoms with Crippen molar-refractivity contribution in [3.05, 3.63) is 29.8 Å². The predicted octanol–water partition coefficient (Wildman–Crippen LogP) is 2.06. The van der Waals surface area contributed by atoms with Crippen molar-refractivity contribution in [1.82, 2.24) is 5.32 Å². The van der Waals surface area contributed by atoms with Gasteiger partial charge >= 0.3 is 0 Å². The van der Waals surface area contributed by atoms with Crippen LogP contribution in [0.2, 0.25) is 0 Å². The topological polar surface area (TPSA) is 32.3 Å². The van der Waals surface area contributed by atoms with Crippen LogP contribution < -0.4 is 10.2 Å². The molecule has 0 unspecified atom stereocenters. The van der Waals surface area contributed by atoms with Crippen molar-refractivity contribution in [2.45, 2.75) is 31.6 Å². The summed E-state index contributed by atoms with van der Waals surface area (Å²) in [5, 5.41) is 3.36. The third-order valence-electron chi connectivity index (χ3n) is 4.27. The Hall–Kier alpha value is -1.35. The average Bonchev–Trinajstić information content (AvgIpc) is 2.64. The van der Waals surface area contributed by atoms with E-state index in [-0.39, 0.29) is 5.41 Å². The van der Waals surface area contributed by atoms with Gasteiger partial charge in [0.2, 0.25) is 5.91 Å². The number of hydrogen-bond donors (Lipinski definition) is 1. The summed E-state index contributed by atoms with van der Waals surface area (Å²) in [4.78, 5) is 14.8. The zero-order chi connectivity index (χ0) is 12.6. The van der Waals surface area contributed by atoms with Gasteiger partial charge in [-0.2, -0.15) is 0 Å². The molecule has 2 heterocycles. The van der Waals surface area contributed by atoms with Crippen molar-refractivity contribution in [1.29, 1.82) is 0 Å². The molecule has 0 aliphatic carbocycles. The highest BCUT2D eigenvalue weighted by atomic mass is 16.2. The van der Waals surface area contributed by atoms with Gasteiger partial charge in [0.05, 0.1) is 5.41 Å². The van der Waals surface area contributed by atoms with Gasteiger partial charge in [-0.15, -0.1) is 0 Å². The van der Waals surface area contributed by atoms with Crippen LogP contribution in [0.5, 0.6) is 0 Å². The number of hydrogen-bond acceptors (Lipinski definition) is 2. The molecule has 1 amide bonds. The highest BCUT2D eigenvalue weighted by Gasteiger charge is 2.50. The average molecular weight is 244 g/mol. The SMILES string of the molecule is CCCN1C(=O)C2(CCNCC2)c2ccccc21. The fraction of sp³-hybridized carbons (Fsp3) is 0.533. The minimum Gasteiger partial charge on any atom is -0.317 e. The van der Waals surface area contributed by atoms with Gasteiger partial charge in [-0.3, -0.25) is 4.79 Å². The third-order valence-corrected chi connectivity index (χ3v) is 4.27. The van der Waals surface area contributed by atoms with Crippen molar-refractivity contribution >= 4 is 11.6 Å². The van der Waals surface area contributed by atoms with E-state index in [0.29, 0.717) is 5.91 Å². The molecule has 0 saturated carbocycles. The summed E-state index contributed by atoms with van der Waals surface area (Å²) >= 11 is 0. The lowest BCUT2D eigenvalue weighted by Gasteiger charge is -2.33. The highest BCUT2D eigenvalue weighted by molar-refractivity contribution is 6.08. The van der Waals surface area contributed by atoms with Crippen LogP contribution in [0, 0.1) is 0 Å². The van der Waals surface area contributed by atoms with Gasteiger partial charge in [0.15, 0.2) is 0 Å². The number of carbonyl (C=O) groups excluding carboxylic acids is 1. The quantitative estimate of drug-likeness (QED) is 0.863. The van der Waals surface area contributed by atoms with Crippen molar-refractivity contribution in [3.63, 3.8) is 0 Å². The number of piperidine rings is 1. The molecule has 2 aliphatic rings. The van der Waals surface area contributed by atoms with E-state index in [9.17, 15) is 4.79 Å². The summed E-state index contributed by atoms with van der Waals surface area (Å²) in [6, 6.07) is 8.34. The van der Waals surface area contributed by atoms with Crippen molar-refractivity contribution in [3.8, 4) is 0 Å². The lowest BCUT2D eigenvalue weighted by Crippen LogP contribution is -2.47. The first-order valence-corrected chi connectivity index (χ1v) is 6.92. The minimum atomic E-state index is -0.239. The van der Waals surface area contributed by atoms with Crippen LogP contribution in [-0.2, 0) is 10.2 Å². The van der Waals surface area contributed by atoms with E-state index in [4.69, 9.17) is 0 Å². The molecule has 1 spiro atoms. The Bertz CT molecular complexity index is 463. The second kappa shape index (κ2) is 4.39. The molecule has 96 valence electrons. The second-order valence-corrected chi connectivity index (χ2v) is 5.31. The number of rotatable bonds is 2. The zero-order valence-corrected chi connectivity index (χ0v) is 10.9. The summed E-state index contributed by atoms with van der Waals surface area (Å²) in [6.45, 7) is 4.86. The Morgan fingerprint density at radius 3 is 2.72 bits per heavy atom. The van der Waals surface area contributed by atoms with Crippen LogP contribution in [0.15, 0.2) is 24.3 Å². The van der Waals surface area contributed by atoms with Gasteiger partial charge in [0.25, 0.3) is 0 Å². The number of benzene rings is 1. The van der Waals surface area contributed by atoms with E-state index >= 15 is 0 Å². The molecule has 3 rings (SSSR count). The van der Waals surface area contributed by atoms with Crippen LogP contribution in [-0.4, -0.2) is 25.5 Å². The van der Waals surface area contributed by atoms with Crippen LogP contribution in [0.25, 0.3) is 0 Å². The van der Waals surface area contributed by atoms with Gasteiger partial charge in [-0.25, -0.2) is 0 Å². The minimum absolute atomic E-state index is 0.239. The van der Waals surface area contributed by atoms with E-state index in [1.165, 1.54) is 5.56 Å². The fourth-order valence-electron chi connectivity index (χ4n) is 3.38. The molecule has 18 heavy (non-hydrogen) atoms. The molecule has 3 heteroatoms. The molecule has 1 fully saturated rings. The Morgan fingerprint density at radius 1 is 1.28 bits per heavy atom. The Morgan fingerprint density at radius 2 is 2.00 bits per heavy atom. The molecule has 2 aliphatic heterocycles. The maximum absolute atomic E-state index is 12.8. The molecule has 1 saturated heterocycles.